The van der Waals surface area contributed by atoms with Gasteiger partial charge in [-0.2, -0.15) is 0 Å². The summed E-state index contributed by atoms with van der Waals surface area (Å²) in [5, 5.41) is 33.0. The number of carbonyl (C=O) groups excluding carboxylic acids is 3. The Morgan fingerprint density at radius 1 is 0.772 bits per heavy atom. The molecule has 3 rings (SSSR count). The Morgan fingerprint density at radius 3 is 1.96 bits per heavy atom. The van der Waals surface area contributed by atoms with Crippen LogP contribution in [-0.2, 0) is 57.0 Å². The molecule has 3 saturated heterocycles. The molecule has 0 amide bonds. The molecular weight excluding hydrogens is 746 g/mol. The standard InChI is InChI=1S/C41H73NO15/c1-13-30-27(20-53-41-39(52-12)38(51-11)35(47)25(6)55-41)16-21(2)14-15-28(43)22(3)17-26(18-32(49-9)50-10)37(23(4)29(44)19-31(45)56-30)57-40-36(48)33(42(7)8)34(46)24(5)54-40/h21-27,30,32-41,46-48H,13-20H2,1-12H3/t21?,22?,23?,24-,25-,26?,27?,30?,33+,34-,35-,36-,37?,38-,39+,40+,41-/m1/s1. The third-order valence-electron chi connectivity index (χ3n) is 12.3. The van der Waals surface area contributed by atoms with E-state index in [0.717, 1.165) is 0 Å². The van der Waals surface area contributed by atoms with Crippen molar-refractivity contribution in [1.82, 2.24) is 4.90 Å². The van der Waals surface area contributed by atoms with E-state index in [1.165, 1.54) is 28.4 Å². The number of nitrogens with zero attached hydrogens (tertiary/aromatic N) is 1. The van der Waals surface area contributed by atoms with Crippen LogP contribution in [0, 0.1) is 29.6 Å². The van der Waals surface area contributed by atoms with Gasteiger partial charge in [0.05, 0.1) is 37.1 Å². The van der Waals surface area contributed by atoms with Crippen LogP contribution in [0.25, 0.3) is 0 Å². The number of hydrogen-bond acceptors (Lipinski definition) is 16. The van der Waals surface area contributed by atoms with Crippen molar-refractivity contribution in [2.75, 3.05) is 49.1 Å². The van der Waals surface area contributed by atoms with Crippen molar-refractivity contribution >= 4 is 17.5 Å². The predicted octanol–water partition coefficient (Wildman–Crippen LogP) is 2.49. The Balaban J connectivity index is 1.97. The minimum Gasteiger partial charge on any atom is -0.462 e. The number of Topliss-reactive ketones (excluding diaryl/α,β-unsaturated/α-hetero) is 2. The molecule has 3 fully saturated rings. The molecule has 0 aromatic rings. The second-order valence-electron chi connectivity index (χ2n) is 16.7. The van der Waals surface area contributed by atoms with Crippen LogP contribution in [-0.4, -0.2) is 167 Å². The maximum absolute atomic E-state index is 14.2. The second-order valence-corrected chi connectivity index (χ2v) is 16.7. The highest BCUT2D eigenvalue weighted by Crippen LogP contribution is 2.36. The molecule has 0 spiro atoms. The molecule has 57 heavy (non-hydrogen) atoms. The van der Waals surface area contributed by atoms with Crippen molar-refractivity contribution in [3.8, 4) is 0 Å². The van der Waals surface area contributed by atoms with E-state index in [4.69, 9.17) is 42.6 Å². The number of ether oxygens (including phenoxy) is 9. The fourth-order valence-corrected chi connectivity index (χ4v) is 8.68. The van der Waals surface area contributed by atoms with Gasteiger partial charge in [-0.1, -0.05) is 27.7 Å². The van der Waals surface area contributed by atoms with E-state index in [1.54, 1.807) is 39.8 Å². The second kappa shape index (κ2) is 23.4. The fourth-order valence-electron chi connectivity index (χ4n) is 8.68. The molecule has 0 radical (unpaired) electrons. The molecule has 16 heteroatoms. The number of aliphatic hydroxyl groups is 3. The van der Waals surface area contributed by atoms with Crippen LogP contribution in [0.4, 0.5) is 0 Å². The van der Waals surface area contributed by atoms with Crippen molar-refractivity contribution in [3.05, 3.63) is 0 Å². The topological polar surface area (TPSA) is 198 Å². The average Bonchev–Trinajstić information content (AvgIpc) is 3.17. The summed E-state index contributed by atoms with van der Waals surface area (Å²) in [5.41, 5.74) is 0. The smallest absolute Gasteiger partial charge is 0.313 e. The molecule has 0 aromatic carbocycles. The minimum atomic E-state index is -1.29. The monoisotopic (exact) mass is 819 g/mol. The van der Waals surface area contributed by atoms with Crippen molar-refractivity contribution in [2.24, 2.45) is 29.6 Å². The molecule has 3 heterocycles. The van der Waals surface area contributed by atoms with Gasteiger partial charge in [0.1, 0.15) is 48.5 Å². The fraction of sp³-hybridized carbons (Fsp3) is 0.927. The molecule has 0 aromatic heterocycles. The SMILES string of the molecule is CCC1OC(=O)CC(=O)C(C)C(O[C@@H]2O[C@H](C)[C@@H](O)[C@H](N(C)C)[C@H]2O)C(CC(OC)OC)CC(C)C(=O)CCC(C)CC1CO[C@@H]1O[C@H](C)[C@@H](O)[C@@H](OC)[C@@H]1OC. The van der Waals surface area contributed by atoms with Crippen molar-refractivity contribution in [3.63, 3.8) is 0 Å². The van der Waals surface area contributed by atoms with Gasteiger partial charge in [0.2, 0.25) is 0 Å². The van der Waals surface area contributed by atoms with E-state index in [1.807, 2.05) is 20.8 Å². The van der Waals surface area contributed by atoms with Crippen LogP contribution in [0.1, 0.15) is 86.5 Å². The van der Waals surface area contributed by atoms with Gasteiger partial charge < -0.3 is 62.9 Å². The molecule has 332 valence electrons. The maximum atomic E-state index is 14.2. The molecule has 0 bridgehead atoms. The van der Waals surface area contributed by atoms with Crippen molar-refractivity contribution < 1.29 is 72.3 Å². The lowest BCUT2D eigenvalue weighted by molar-refractivity contribution is -0.305. The first-order valence-corrected chi connectivity index (χ1v) is 20.6. The van der Waals surface area contributed by atoms with Crippen LogP contribution in [0.5, 0.6) is 0 Å². The number of likely N-dealkylation sites (N-methyl/N-ethyl adjacent to an activating group) is 1. The zero-order chi connectivity index (χ0) is 42.7. The molecule has 7 unspecified atom stereocenters. The number of ketones is 2. The average molecular weight is 820 g/mol. The predicted molar refractivity (Wildman–Crippen MR) is 207 cm³/mol. The van der Waals surface area contributed by atoms with Gasteiger partial charge in [0.15, 0.2) is 18.9 Å². The molecular formula is C41H73NO15. The van der Waals surface area contributed by atoms with Gasteiger partial charge in [-0.25, -0.2) is 0 Å². The summed E-state index contributed by atoms with van der Waals surface area (Å²) in [4.78, 5) is 43.4. The summed E-state index contributed by atoms with van der Waals surface area (Å²) < 4.78 is 53.3. The van der Waals surface area contributed by atoms with Gasteiger partial charge in [-0.05, 0) is 65.5 Å². The van der Waals surface area contributed by atoms with Crippen LogP contribution >= 0.6 is 0 Å². The molecule has 3 aliphatic rings. The van der Waals surface area contributed by atoms with E-state index in [-0.39, 0.29) is 30.6 Å². The lowest BCUT2D eigenvalue weighted by atomic mass is 9.79. The van der Waals surface area contributed by atoms with Gasteiger partial charge in [0, 0.05) is 59.0 Å². The van der Waals surface area contributed by atoms with E-state index in [2.05, 4.69) is 0 Å². The first-order valence-electron chi connectivity index (χ1n) is 20.6. The number of hydrogen-bond donors (Lipinski definition) is 3. The van der Waals surface area contributed by atoms with Crippen molar-refractivity contribution in [1.29, 1.82) is 0 Å². The first-order chi connectivity index (χ1) is 26.9. The van der Waals surface area contributed by atoms with Gasteiger partial charge in [0.25, 0.3) is 0 Å². The van der Waals surface area contributed by atoms with Gasteiger partial charge in [-0.15, -0.1) is 0 Å². The Labute approximate surface area is 339 Å². The normalized spacial score (nSPS) is 41.1. The highest BCUT2D eigenvalue weighted by atomic mass is 16.7. The minimum absolute atomic E-state index is 0.0280. The van der Waals surface area contributed by atoms with Crippen LogP contribution in [0.2, 0.25) is 0 Å². The number of rotatable bonds is 13. The number of cyclic esters (lactones) is 1. The van der Waals surface area contributed by atoms with Crippen LogP contribution in [0.3, 0.4) is 0 Å². The number of methoxy groups -OCH3 is 4. The summed E-state index contributed by atoms with van der Waals surface area (Å²) >= 11 is 0. The first kappa shape index (κ1) is 49.7. The van der Waals surface area contributed by atoms with E-state index in [0.29, 0.717) is 32.1 Å². The lowest BCUT2D eigenvalue weighted by Crippen LogP contribution is -2.63. The zero-order valence-electron chi connectivity index (χ0n) is 36.2. The van der Waals surface area contributed by atoms with Gasteiger partial charge in [-0.3, -0.25) is 14.4 Å². The van der Waals surface area contributed by atoms with E-state index < -0.39 is 116 Å². The van der Waals surface area contributed by atoms with Gasteiger partial charge >= 0.3 is 5.97 Å². The number of esters is 1. The Hall–Kier alpha value is -1.67. The third kappa shape index (κ3) is 13.2. The highest BCUT2D eigenvalue weighted by molar-refractivity contribution is 5.97. The highest BCUT2D eigenvalue weighted by Gasteiger charge is 2.48. The van der Waals surface area contributed by atoms with Crippen molar-refractivity contribution in [2.45, 2.75) is 166 Å². The molecule has 0 aliphatic carbocycles. The summed E-state index contributed by atoms with van der Waals surface area (Å²) in [6.07, 6.45) is -8.55. The lowest BCUT2D eigenvalue weighted by Gasteiger charge is -2.46. The maximum Gasteiger partial charge on any atom is 0.313 e. The molecule has 0 saturated carbocycles. The molecule has 3 N–H and O–H groups in total. The van der Waals surface area contributed by atoms with E-state index in [9.17, 15) is 29.7 Å². The Morgan fingerprint density at radius 2 is 1.39 bits per heavy atom. The number of carbonyl (C=O) groups is 3. The Bertz CT molecular complexity index is 1240. The quantitative estimate of drug-likeness (QED) is 0.139. The molecule has 3 aliphatic heterocycles. The Kier molecular flexibility index (Phi) is 20.4. The largest absolute Gasteiger partial charge is 0.462 e. The third-order valence-corrected chi connectivity index (χ3v) is 12.3. The van der Waals surface area contributed by atoms with Crippen LogP contribution < -0.4 is 0 Å². The zero-order valence-corrected chi connectivity index (χ0v) is 36.2. The van der Waals surface area contributed by atoms with Crippen LogP contribution in [0.15, 0.2) is 0 Å². The van der Waals surface area contributed by atoms with E-state index >= 15 is 0 Å². The summed E-state index contributed by atoms with van der Waals surface area (Å²) in [5.74, 6) is -3.31. The summed E-state index contributed by atoms with van der Waals surface area (Å²) in [7, 11) is 9.44. The number of aliphatic hydroxyl groups excluding tert-OH is 3. The summed E-state index contributed by atoms with van der Waals surface area (Å²) in [6.45, 7) is 11.0. The summed E-state index contributed by atoms with van der Waals surface area (Å²) in [6, 6.07) is -0.734. The molecule has 17 atom stereocenters. The molecule has 16 nitrogen and oxygen atoms in total.